The lowest BCUT2D eigenvalue weighted by molar-refractivity contribution is -0.0509. The highest BCUT2D eigenvalue weighted by atomic mass is 16.5. The standard InChI is InChI=1S/C27H40O4/c1-19(9-7-10-20(2)12-13-24(29)26(4,5)30)11-8-15-27(6)16-14-22-18-23(28)17-21(3)25(22)31-27/h10-11,14,16-18,24,28-30H,7-9,12-13,15H2,1-6H3/b19-11+,20-10+/t24-,27?/m1/s1. The lowest BCUT2D eigenvalue weighted by Crippen LogP contribution is -2.35. The third kappa shape index (κ3) is 7.86. The van der Waals surface area contributed by atoms with Gasteiger partial charge in [-0.25, -0.2) is 0 Å². The molecule has 0 aliphatic carbocycles. The lowest BCUT2D eigenvalue weighted by Gasteiger charge is -2.32. The van der Waals surface area contributed by atoms with Crippen LogP contribution in [0.3, 0.4) is 0 Å². The normalized spacial score (nSPS) is 20.4. The van der Waals surface area contributed by atoms with E-state index >= 15 is 0 Å². The predicted molar refractivity (Wildman–Crippen MR) is 128 cm³/mol. The zero-order chi connectivity index (χ0) is 23.2. The topological polar surface area (TPSA) is 69.9 Å². The van der Waals surface area contributed by atoms with Gasteiger partial charge in [0.1, 0.15) is 17.1 Å². The molecule has 0 spiro atoms. The van der Waals surface area contributed by atoms with Crippen LogP contribution >= 0.6 is 0 Å². The summed E-state index contributed by atoms with van der Waals surface area (Å²) < 4.78 is 6.29. The summed E-state index contributed by atoms with van der Waals surface area (Å²) in [5.41, 5.74) is 3.11. The number of aliphatic hydroxyl groups excluding tert-OH is 1. The van der Waals surface area contributed by atoms with Gasteiger partial charge in [0.25, 0.3) is 0 Å². The van der Waals surface area contributed by atoms with Crippen LogP contribution in [0.25, 0.3) is 6.08 Å². The molecule has 0 radical (unpaired) electrons. The van der Waals surface area contributed by atoms with Crippen molar-refractivity contribution in [1.82, 2.24) is 0 Å². The fourth-order valence-electron chi connectivity index (χ4n) is 3.79. The van der Waals surface area contributed by atoms with E-state index in [1.807, 2.05) is 13.0 Å². The first-order valence-corrected chi connectivity index (χ1v) is 11.3. The van der Waals surface area contributed by atoms with Crippen molar-refractivity contribution in [3.8, 4) is 11.5 Å². The first-order valence-electron chi connectivity index (χ1n) is 11.3. The van der Waals surface area contributed by atoms with Crippen molar-refractivity contribution >= 4 is 6.08 Å². The SMILES string of the molecule is C/C(=C\CCC1(C)C=Cc2cc(O)cc(C)c2O1)CC/C=C(\C)CC[C@@H](O)C(C)(C)O. The number of hydrogen-bond donors (Lipinski definition) is 3. The number of benzene rings is 1. The molecule has 3 N–H and O–H groups in total. The van der Waals surface area contributed by atoms with E-state index in [-0.39, 0.29) is 11.4 Å². The molecular weight excluding hydrogens is 388 g/mol. The van der Waals surface area contributed by atoms with Crippen LogP contribution in [-0.2, 0) is 0 Å². The molecular formula is C27H40O4. The van der Waals surface area contributed by atoms with Crippen LogP contribution in [0.4, 0.5) is 0 Å². The molecule has 0 fully saturated rings. The molecule has 0 amide bonds. The van der Waals surface area contributed by atoms with Gasteiger partial charge < -0.3 is 20.1 Å². The summed E-state index contributed by atoms with van der Waals surface area (Å²) in [6.45, 7) is 11.6. The van der Waals surface area contributed by atoms with E-state index in [0.29, 0.717) is 6.42 Å². The highest BCUT2D eigenvalue weighted by Crippen LogP contribution is 2.38. The Morgan fingerprint density at radius 2 is 1.77 bits per heavy atom. The van der Waals surface area contributed by atoms with Gasteiger partial charge in [-0.15, -0.1) is 0 Å². The van der Waals surface area contributed by atoms with Gasteiger partial charge >= 0.3 is 0 Å². The second kappa shape index (κ2) is 10.5. The minimum absolute atomic E-state index is 0.268. The van der Waals surface area contributed by atoms with Gasteiger partial charge in [0, 0.05) is 5.56 Å². The van der Waals surface area contributed by atoms with Crippen molar-refractivity contribution in [2.75, 3.05) is 0 Å². The molecule has 0 aromatic heterocycles. The van der Waals surface area contributed by atoms with E-state index < -0.39 is 11.7 Å². The maximum absolute atomic E-state index is 9.94. The zero-order valence-electron chi connectivity index (χ0n) is 20.0. The maximum Gasteiger partial charge on any atom is 0.131 e. The minimum Gasteiger partial charge on any atom is -0.508 e. The molecule has 1 heterocycles. The molecule has 0 saturated heterocycles. The van der Waals surface area contributed by atoms with Crippen molar-refractivity contribution in [1.29, 1.82) is 0 Å². The summed E-state index contributed by atoms with van der Waals surface area (Å²) in [5, 5.41) is 29.5. The van der Waals surface area contributed by atoms with Crippen molar-refractivity contribution in [3.63, 3.8) is 0 Å². The molecule has 2 atom stereocenters. The molecule has 1 unspecified atom stereocenters. The van der Waals surface area contributed by atoms with Crippen LogP contribution in [0.15, 0.2) is 41.5 Å². The number of fused-ring (bicyclic) bond motifs is 1. The Morgan fingerprint density at radius 3 is 2.45 bits per heavy atom. The number of phenols is 1. The molecule has 2 rings (SSSR count). The molecule has 4 nitrogen and oxygen atoms in total. The summed E-state index contributed by atoms with van der Waals surface area (Å²) in [7, 11) is 0. The Bertz CT molecular complexity index is 842. The zero-order valence-corrected chi connectivity index (χ0v) is 20.0. The number of aromatic hydroxyl groups is 1. The second-order valence-electron chi connectivity index (χ2n) is 9.82. The van der Waals surface area contributed by atoms with Crippen LogP contribution in [0.1, 0.15) is 84.3 Å². The fraction of sp³-hybridized carbons (Fsp3) is 0.556. The number of rotatable bonds is 10. The molecule has 172 valence electrons. The first kappa shape index (κ1) is 25.2. The molecule has 1 aromatic rings. The number of aliphatic hydroxyl groups is 2. The molecule has 1 aliphatic rings. The van der Waals surface area contributed by atoms with E-state index in [1.165, 1.54) is 11.1 Å². The fourth-order valence-corrected chi connectivity index (χ4v) is 3.79. The highest BCUT2D eigenvalue weighted by molar-refractivity contribution is 5.65. The number of hydrogen-bond acceptors (Lipinski definition) is 4. The Kier molecular flexibility index (Phi) is 8.56. The van der Waals surface area contributed by atoms with Crippen LogP contribution in [-0.4, -0.2) is 32.6 Å². The summed E-state index contributed by atoms with van der Waals surface area (Å²) in [4.78, 5) is 0. The smallest absolute Gasteiger partial charge is 0.131 e. The molecule has 1 aromatic carbocycles. The Hall–Kier alpha value is -2.04. The van der Waals surface area contributed by atoms with E-state index in [2.05, 4.69) is 39.0 Å². The van der Waals surface area contributed by atoms with Crippen LogP contribution < -0.4 is 4.74 Å². The van der Waals surface area contributed by atoms with E-state index in [0.717, 1.165) is 49.0 Å². The summed E-state index contributed by atoms with van der Waals surface area (Å²) >= 11 is 0. The number of ether oxygens (including phenoxy) is 1. The Balaban J connectivity index is 1.79. The average Bonchev–Trinajstić information content (AvgIpc) is 2.66. The van der Waals surface area contributed by atoms with Gasteiger partial charge in [0.15, 0.2) is 0 Å². The largest absolute Gasteiger partial charge is 0.508 e. The van der Waals surface area contributed by atoms with Gasteiger partial charge in [-0.05, 0) is 104 Å². The third-order valence-electron chi connectivity index (χ3n) is 6.03. The number of allylic oxidation sites excluding steroid dienone is 4. The highest BCUT2D eigenvalue weighted by Gasteiger charge is 2.28. The number of phenolic OH excluding ortho intramolecular Hbond substituents is 1. The summed E-state index contributed by atoms with van der Waals surface area (Å²) in [6, 6.07) is 3.48. The molecule has 0 saturated carbocycles. The maximum atomic E-state index is 9.94. The number of aryl methyl sites for hydroxylation is 1. The Morgan fingerprint density at radius 1 is 1.13 bits per heavy atom. The van der Waals surface area contributed by atoms with Gasteiger partial charge in [0.2, 0.25) is 0 Å². The second-order valence-corrected chi connectivity index (χ2v) is 9.82. The van der Waals surface area contributed by atoms with Gasteiger partial charge in [-0.1, -0.05) is 29.4 Å². The van der Waals surface area contributed by atoms with Crippen LogP contribution in [0.2, 0.25) is 0 Å². The predicted octanol–water partition coefficient (Wildman–Crippen LogP) is 6.23. The van der Waals surface area contributed by atoms with Gasteiger partial charge in [0.05, 0.1) is 11.7 Å². The summed E-state index contributed by atoms with van der Waals surface area (Å²) in [5.74, 6) is 1.13. The molecule has 4 heteroatoms. The van der Waals surface area contributed by atoms with E-state index in [9.17, 15) is 15.3 Å². The van der Waals surface area contributed by atoms with Crippen LogP contribution in [0.5, 0.6) is 11.5 Å². The lowest BCUT2D eigenvalue weighted by atomic mass is 9.93. The molecule has 0 bridgehead atoms. The van der Waals surface area contributed by atoms with Crippen molar-refractivity contribution < 1.29 is 20.1 Å². The summed E-state index contributed by atoms with van der Waals surface area (Å²) in [6.07, 6.45) is 13.2. The van der Waals surface area contributed by atoms with Crippen molar-refractivity contribution in [2.24, 2.45) is 0 Å². The van der Waals surface area contributed by atoms with Crippen LogP contribution in [0, 0.1) is 6.92 Å². The monoisotopic (exact) mass is 428 g/mol. The van der Waals surface area contributed by atoms with E-state index in [4.69, 9.17) is 4.74 Å². The third-order valence-corrected chi connectivity index (χ3v) is 6.03. The molecule has 1 aliphatic heterocycles. The van der Waals surface area contributed by atoms with Crippen molar-refractivity contribution in [3.05, 3.63) is 52.6 Å². The quantitative estimate of drug-likeness (QED) is 0.386. The molecule has 31 heavy (non-hydrogen) atoms. The van der Waals surface area contributed by atoms with Crippen molar-refractivity contribution in [2.45, 2.75) is 97.4 Å². The minimum atomic E-state index is -1.05. The Labute approximate surface area is 188 Å². The van der Waals surface area contributed by atoms with E-state index in [1.54, 1.807) is 26.0 Å². The van der Waals surface area contributed by atoms with Gasteiger partial charge in [-0.3, -0.25) is 0 Å². The average molecular weight is 429 g/mol. The first-order chi connectivity index (χ1) is 14.4. The van der Waals surface area contributed by atoms with Gasteiger partial charge in [-0.2, -0.15) is 0 Å².